The van der Waals surface area contributed by atoms with Gasteiger partial charge < -0.3 is 14.9 Å². The lowest BCUT2D eigenvalue weighted by Crippen LogP contribution is -2.24. The van der Waals surface area contributed by atoms with Gasteiger partial charge in [0.05, 0.1) is 18.0 Å². The van der Waals surface area contributed by atoms with E-state index in [4.69, 9.17) is 6.85 Å². The van der Waals surface area contributed by atoms with Crippen molar-refractivity contribution in [2.45, 2.75) is 39.4 Å². The van der Waals surface area contributed by atoms with Gasteiger partial charge in [-0.1, -0.05) is 70.1 Å². The molecule has 1 N–H and O–H groups in total. The monoisotopic (exact) mass is 469 g/mol. The van der Waals surface area contributed by atoms with Crippen LogP contribution in [0.25, 0.3) is 17.1 Å². The summed E-state index contributed by atoms with van der Waals surface area (Å²) >= 11 is 0. The van der Waals surface area contributed by atoms with Gasteiger partial charge in [-0.3, -0.25) is 4.57 Å². The maximum Gasteiger partial charge on any atom is 0.144 e. The Morgan fingerprint density at radius 3 is 2.43 bits per heavy atom. The summed E-state index contributed by atoms with van der Waals surface area (Å²) in [5, 5.41) is 10.3. The predicted octanol–water partition coefficient (Wildman–Crippen LogP) is 7.25. The summed E-state index contributed by atoms with van der Waals surface area (Å²) in [5.41, 5.74) is 3.80. The van der Waals surface area contributed by atoms with E-state index in [1.807, 2.05) is 64.7 Å². The third-order valence-electron chi connectivity index (χ3n) is 6.22. The van der Waals surface area contributed by atoms with E-state index in [9.17, 15) is 5.11 Å². The Kier molecular flexibility index (Phi) is 4.65. The smallest absolute Gasteiger partial charge is 0.144 e. The van der Waals surface area contributed by atoms with Crippen LogP contribution in [0.4, 0.5) is 11.4 Å². The van der Waals surface area contributed by atoms with Gasteiger partial charge in [-0.25, -0.2) is 4.98 Å². The van der Waals surface area contributed by atoms with Crippen LogP contribution in [0.2, 0.25) is 0 Å². The van der Waals surface area contributed by atoms with Gasteiger partial charge in [-0.2, -0.15) is 0 Å². The van der Waals surface area contributed by atoms with E-state index in [0.717, 1.165) is 11.3 Å². The molecule has 5 rings (SSSR count). The number of aromatic hydroxyl groups is 1. The zero-order chi connectivity index (χ0) is 28.9. The summed E-state index contributed by atoms with van der Waals surface area (Å²) in [4.78, 5) is 8.63. The molecule has 0 amide bonds. The Balaban J connectivity index is 1.58. The van der Waals surface area contributed by atoms with E-state index in [-0.39, 0.29) is 5.75 Å². The van der Waals surface area contributed by atoms with Gasteiger partial charge in [0.25, 0.3) is 0 Å². The minimum absolute atomic E-state index is 0.204. The molecule has 4 aromatic rings. The molecule has 0 spiro atoms. The highest BCUT2D eigenvalue weighted by Crippen LogP contribution is 2.35. The highest BCUT2D eigenvalue weighted by atomic mass is 16.3. The van der Waals surface area contributed by atoms with Crippen molar-refractivity contribution in [3.8, 4) is 22.8 Å². The van der Waals surface area contributed by atoms with Gasteiger partial charge in [-0.05, 0) is 47.2 Å². The first-order valence-electron chi connectivity index (χ1n) is 14.1. The molecule has 1 atom stereocenters. The Morgan fingerprint density at radius 2 is 1.66 bits per heavy atom. The van der Waals surface area contributed by atoms with Gasteiger partial charge in [0.2, 0.25) is 0 Å². The van der Waals surface area contributed by atoms with Crippen molar-refractivity contribution in [2.24, 2.45) is 0 Å². The average molecular weight is 470 g/mol. The number of phenols is 1. The first kappa shape index (κ1) is 17.4. The number of imidazole rings is 1. The standard InChI is InChI=1S/C30H32N4O/c1-21(2)25-11-8-12-26(22(3)4)29(25)34-16-15-31-30(34)23-9-7-10-24(19-23)32-17-18-33(20-32)27-13-5-6-14-28(27)35/h5-19,21-22,35H,20H2,1-4H3/i1D3,21D,22D. The van der Waals surface area contributed by atoms with Crippen molar-refractivity contribution in [2.75, 3.05) is 16.5 Å². The Bertz CT molecular complexity index is 1570. The van der Waals surface area contributed by atoms with Gasteiger partial charge in [-0.15, -0.1) is 0 Å². The second-order valence-electron chi connectivity index (χ2n) is 8.87. The lowest BCUT2D eigenvalue weighted by Gasteiger charge is -2.23. The minimum atomic E-state index is -2.59. The normalized spacial score (nSPS) is 17.9. The molecular formula is C30H32N4O. The summed E-state index contributed by atoms with van der Waals surface area (Å²) in [5.74, 6) is -2.21. The van der Waals surface area contributed by atoms with E-state index in [0.29, 0.717) is 35.0 Å². The fourth-order valence-electron chi connectivity index (χ4n) is 4.48. The average Bonchev–Trinajstić information content (AvgIpc) is 3.58. The number of benzene rings is 3. The summed E-state index contributed by atoms with van der Waals surface area (Å²) in [6.45, 7) is 2.81. The zero-order valence-electron chi connectivity index (χ0n) is 25.1. The highest BCUT2D eigenvalue weighted by molar-refractivity contribution is 5.70. The van der Waals surface area contributed by atoms with Crippen molar-refractivity contribution < 1.29 is 12.0 Å². The fourth-order valence-corrected chi connectivity index (χ4v) is 4.48. The van der Waals surface area contributed by atoms with Crippen molar-refractivity contribution >= 4 is 11.4 Å². The van der Waals surface area contributed by atoms with E-state index < -0.39 is 18.6 Å². The van der Waals surface area contributed by atoms with Crippen molar-refractivity contribution in [1.82, 2.24) is 9.55 Å². The second-order valence-corrected chi connectivity index (χ2v) is 8.87. The van der Waals surface area contributed by atoms with Crippen LogP contribution in [0.5, 0.6) is 5.75 Å². The molecule has 1 aliphatic heterocycles. The zero-order valence-corrected chi connectivity index (χ0v) is 20.1. The Hall–Kier alpha value is -3.99. The van der Waals surface area contributed by atoms with Crippen LogP contribution in [0.15, 0.2) is 91.5 Å². The van der Waals surface area contributed by atoms with Crippen LogP contribution >= 0.6 is 0 Å². The highest BCUT2D eigenvalue weighted by Gasteiger charge is 2.21. The molecule has 1 aromatic heterocycles. The maximum atomic E-state index is 10.3. The topological polar surface area (TPSA) is 44.5 Å². The van der Waals surface area contributed by atoms with Crippen LogP contribution in [0.3, 0.4) is 0 Å². The van der Waals surface area contributed by atoms with Crippen LogP contribution < -0.4 is 9.80 Å². The van der Waals surface area contributed by atoms with E-state index in [2.05, 4.69) is 4.98 Å². The number of hydrogen-bond acceptors (Lipinski definition) is 4. The maximum absolute atomic E-state index is 10.3. The number of rotatable bonds is 6. The summed E-state index contributed by atoms with van der Waals surface area (Å²) in [6.07, 6.45) is 7.24. The van der Waals surface area contributed by atoms with Crippen LogP contribution in [0, 0.1) is 0 Å². The number of anilines is 2. The van der Waals surface area contributed by atoms with Crippen molar-refractivity contribution in [3.05, 3.63) is 103 Å². The largest absolute Gasteiger partial charge is 0.506 e. The fraction of sp³-hybridized carbons (Fsp3) is 0.233. The second kappa shape index (κ2) is 9.34. The van der Waals surface area contributed by atoms with Crippen molar-refractivity contribution in [1.29, 1.82) is 0 Å². The minimum Gasteiger partial charge on any atom is -0.506 e. The van der Waals surface area contributed by atoms with E-state index in [1.54, 1.807) is 55.1 Å². The number of aromatic nitrogens is 2. The van der Waals surface area contributed by atoms with E-state index in [1.165, 1.54) is 6.92 Å². The molecule has 1 aliphatic rings. The Morgan fingerprint density at radius 1 is 0.914 bits per heavy atom. The molecule has 35 heavy (non-hydrogen) atoms. The molecule has 0 aliphatic carbocycles. The predicted molar refractivity (Wildman–Crippen MR) is 144 cm³/mol. The van der Waals surface area contributed by atoms with Gasteiger partial charge >= 0.3 is 0 Å². The first-order valence-corrected chi connectivity index (χ1v) is 11.6. The lowest BCUT2D eigenvalue weighted by molar-refractivity contribution is 0.475. The first-order chi connectivity index (χ1) is 18.8. The Labute approximate surface area is 214 Å². The van der Waals surface area contributed by atoms with Crippen LogP contribution in [0.1, 0.15) is 57.4 Å². The number of hydrogen-bond donors (Lipinski definition) is 1. The SMILES string of the molecule is [2H]C(C)(C)c1cccc(C([2H])(C)C([2H])([2H])[2H])c1-n1ccnc1-c1cccc(N2C=CN(c3ccccc3O)C2)c1. The molecular weight excluding hydrogens is 432 g/mol. The molecule has 0 radical (unpaired) electrons. The van der Waals surface area contributed by atoms with Gasteiger partial charge in [0, 0.05) is 42.9 Å². The van der Waals surface area contributed by atoms with Crippen LogP contribution in [-0.2, 0) is 0 Å². The lowest BCUT2D eigenvalue weighted by atomic mass is 9.92. The summed E-state index contributed by atoms with van der Waals surface area (Å²) < 4.78 is 43.8. The third-order valence-corrected chi connectivity index (χ3v) is 6.22. The number of phenolic OH excluding ortho intramolecular Hbond substituents is 1. The van der Waals surface area contributed by atoms with E-state index >= 15 is 0 Å². The number of para-hydroxylation sites is 3. The molecule has 2 heterocycles. The molecule has 178 valence electrons. The molecule has 5 nitrogen and oxygen atoms in total. The summed E-state index contributed by atoms with van der Waals surface area (Å²) in [7, 11) is 0. The van der Waals surface area contributed by atoms with Gasteiger partial charge in [0.1, 0.15) is 11.6 Å². The quantitative estimate of drug-likeness (QED) is 0.323. The number of nitrogens with zero attached hydrogens (tertiary/aromatic N) is 4. The van der Waals surface area contributed by atoms with Crippen molar-refractivity contribution in [3.63, 3.8) is 0 Å². The molecule has 0 saturated carbocycles. The van der Waals surface area contributed by atoms with Crippen LogP contribution in [-0.4, -0.2) is 21.3 Å². The molecule has 0 fully saturated rings. The molecule has 0 bridgehead atoms. The third kappa shape index (κ3) is 4.30. The molecule has 0 saturated heterocycles. The molecule has 1 unspecified atom stereocenters. The summed E-state index contributed by atoms with van der Waals surface area (Å²) in [6, 6.07) is 20.2. The molecule has 5 heteroatoms. The van der Waals surface area contributed by atoms with Gasteiger partial charge in [0.15, 0.2) is 0 Å². The molecule has 3 aromatic carbocycles.